The average molecular weight is 300 g/mol. The van der Waals surface area contributed by atoms with Gasteiger partial charge in [0.05, 0.1) is 4.92 Å². The average Bonchev–Trinajstić information content (AvgIpc) is 2.37. The van der Waals surface area contributed by atoms with Crippen molar-refractivity contribution in [1.29, 1.82) is 0 Å². The summed E-state index contributed by atoms with van der Waals surface area (Å²) in [4.78, 5) is 24.3. The molecule has 7 heteroatoms. The molecule has 1 atom stereocenters. The predicted octanol–water partition coefficient (Wildman–Crippen LogP) is 1.89. The molecule has 1 aromatic carbocycles. The van der Waals surface area contributed by atoms with Crippen LogP contribution in [0.4, 0.5) is 5.69 Å². The van der Waals surface area contributed by atoms with E-state index in [0.717, 1.165) is 12.8 Å². The fraction of sp³-hybridized carbons (Fsp3) is 0.462. The van der Waals surface area contributed by atoms with Gasteiger partial charge in [-0.25, -0.2) is 0 Å². The number of nitrogens with two attached hydrogens (primary N) is 1. The molecule has 1 aliphatic rings. The van der Waals surface area contributed by atoms with E-state index in [2.05, 4.69) is 0 Å². The number of nitro groups is 1. The van der Waals surface area contributed by atoms with Gasteiger partial charge < -0.3 is 10.6 Å². The van der Waals surface area contributed by atoms with Crippen molar-refractivity contribution in [2.75, 3.05) is 13.1 Å². The van der Waals surface area contributed by atoms with Gasteiger partial charge in [0.15, 0.2) is 0 Å². The Morgan fingerprint density at radius 2 is 2.20 bits per heavy atom. The number of hydrogen-bond donors (Lipinski definition) is 1. The van der Waals surface area contributed by atoms with Gasteiger partial charge in [-0.05, 0) is 31.9 Å². The van der Waals surface area contributed by atoms with Crippen molar-refractivity contribution in [3.05, 3.63) is 39.4 Å². The third-order valence-electron chi connectivity index (χ3n) is 3.39. The fourth-order valence-electron chi connectivity index (χ4n) is 2.37. The normalized spacial score (nSPS) is 18.3. The Morgan fingerprint density at radius 1 is 1.50 bits per heavy atom. The lowest BCUT2D eigenvalue weighted by Crippen LogP contribution is -2.45. The summed E-state index contributed by atoms with van der Waals surface area (Å²) in [6.45, 7) is 2.88. The molecule has 2 rings (SSSR count). The third kappa shape index (κ3) is 3.46. The second kappa shape index (κ2) is 6.67. The summed E-state index contributed by atoms with van der Waals surface area (Å²) >= 11 is 0. The molecule has 1 aromatic rings. The zero-order valence-corrected chi connectivity index (χ0v) is 12.1. The largest absolute Gasteiger partial charge is 0.337 e. The number of likely N-dealkylation sites (tertiary alicyclic amines) is 1. The molecule has 0 spiro atoms. The highest BCUT2D eigenvalue weighted by Crippen LogP contribution is 2.20. The lowest BCUT2D eigenvalue weighted by atomic mass is 10.0. The van der Waals surface area contributed by atoms with Crippen LogP contribution in [0, 0.1) is 17.0 Å². The number of piperidine rings is 1. The number of amides is 1. The van der Waals surface area contributed by atoms with Gasteiger partial charge >= 0.3 is 0 Å². The van der Waals surface area contributed by atoms with Crippen LogP contribution in [0.5, 0.6) is 0 Å². The third-order valence-corrected chi connectivity index (χ3v) is 3.39. The summed E-state index contributed by atoms with van der Waals surface area (Å²) in [6, 6.07) is 4.48. The maximum Gasteiger partial charge on any atom is 0.272 e. The van der Waals surface area contributed by atoms with Gasteiger partial charge in [-0.1, -0.05) is 0 Å². The maximum absolute atomic E-state index is 12.3. The molecular formula is C13H18ClN3O3. The lowest BCUT2D eigenvalue weighted by molar-refractivity contribution is -0.385. The van der Waals surface area contributed by atoms with Gasteiger partial charge in [0.2, 0.25) is 0 Å². The van der Waals surface area contributed by atoms with E-state index >= 15 is 0 Å². The van der Waals surface area contributed by atoms with E-state index in [0.29, 0.717) is 24.2 Å². The number of nitro benzene ring substituents is 1. The summed E-state index contributed by atoms with van der Waals surface area (Å²) in [5.74, 6) is -0.104. The van der Waals surface area contributed by atoms with Crippen LogP contribution in [0.1, 0.15) is 28.8 Å². The number of halogens is 1. The number of rotatable bonds is 2. The monoisotopic (exact) mass is 299 g/mol. The first-order valence-corrected chi connectivity index (χ1v) is 6.29. The molecule has 1 aliphatic heterocycles. The van der Waals surface area contributed by atoms with Crippen molar-refractivity contribution in [3.63, 3.8) is 0 Å². The number of carbonyl (C=O) groups is 1. The van der Waals surface area contributed by atoms with Gasteiger partial charge in [-0.2, -0.15) is 0 Å². The molecule has 110 valence electrons. The minimum absolute atomic E-state index is 0. The van der Waals surface area contributed by atoms with Crippen molar-refractivity contribution in [2.24, 2.45) is 5.73 Å². The number of hydrogen-bond acceptors (Lipinski definition) is 4. The highest BCUT2D eigenvalue weighted by Gasteiger charge is 2.23. The van der Waals surface area contributed by atoms with Crippen LogP contribution in [-0.2, 0) is 0 Å². The highest BCUT2D eigenvalue weighted by molar-refractivity contribution is 5.94. The van der Waals surface area contributed by atoms with Crippen molar-refractivity contribution >= 4 is 24.0 Å². The molecule has 20 heavy (non-hydrogen) atoms. The quantitative estimate of drug-likeness (QED) is 0.667. The van der Waals surface area contributed by atoms with Crippen molar-refractivity contribution in [1.82, 2.24) is 4.90 Å². The first kappa shape index (κ1) is 16.4. The molecule has 1 saturated heterocycles. The Bertz CT molecular complexity index is 522. The Hall–Kier alpha value is -1.66. The van der Waals surface area contributed by atoms with Crippen LogP contribution < -0.4 is 5.73 Å². The molecule has 0 saturated carbocycles. The maximum atomic E-state index is 12.3. The zero-order chi connectivity index (χ0) is 14.0. The number of benzene rings is 1. The minimum Gasteiger partial charge on any atom is -0.337 e. The minimum atomic E-state index is -0.444. The lowest BCUT2D eigenvalue weighted by Gasteiger charge is -2.30. The molecule has 0 bridgehead atoms. The van der Waals surface area contributed by atoms with E-state index in [1.807, 2.05) is 0 Å². The summed E-state index contributed by atoms with van der Waals surface area (Å²) in [5, 5.41) is 10.7. The molecule has 2 N–H and O–H groups in total. The van der Waals surface area contributed by atoms with Gasteiger partial charge in [-0.15, -0.1) is 12.4 Å². The molecule has 1 unspecified atom stereocenters. The summed E-state index contributed by atoms with van der Waals surface area (Å²) in [7, 11) is 0. The SMILES string of the molecule is Cc1cc(C(=O)N2CCCC(N)C2)ccc1[N+](=O)[O-].Cl. The van der Waals surface area contributed by atoms with Crippen LogP contribution in [0.15, 0.2) is 18.2 Å². The second-order valence-corrected chi connectivity index (χ2v) is 4.91. The number of nitrogens with zero attached hydrogens (tertiary/aromatic N) is 2. The van der Waals surface area contributed by atoms with Gasteiger partial charge in [0.25, 0.3) is 11.6 Å². The standard InChI is InChI=1S/C13H17N3O3.ClH/c1-9-7-10(4-5-12(9)16(18)19)13(17)15-6-2-3-11(14)8-15;/h4-5,7,11H,2-3,6,8,14H2,1H3;1H. The molecule has 0 radical (unpaired) electrons. The van der Waals surface area contributed by atoms with Crippen molar-refractivity contribution in [2.45, 2.75) is 25.8 Å². The van der Waals surface area contributed by atoms with Gasteiger partial charge in [0, 0.05) is 36.3 Å². The van der Waals surface area contributed by atoms with E-state index in [1.54, 1.807) is 17.9 Å². The van der Waals surface area contributed by atoms with Crippen LogP contribution in [-0.4, -0.2) is 34.9 Å². The number of carbonyl (C=O) groups excluding carboxylic acids is 1. The van der Waals surface area contributed by atoms with Crippen molar-refractivity contribution in [3.8, 4) is 0 Å². The van der Waals surface area contributed by atoms with E-state index in [-0.39, 0.29) is 30.0 Å². The summed E-state index contributed by atoms with van der Waals surface area (Å²) in [6.07, 6.45) is 1.84. The van der Waals surface area contributed by atoms with Gasteiger partial charge in [-0.3, -0.25) is 14.9 Å². The highest BCUT2D eigenvalue weighted by atomic mass is 35.5. The first-order chi connectivity index (χ1) is 8.99. The molecule has 0 aromatic heterocycles. The first-order valence-electron chi connectivity index (χ1n) is 6.29. The van der Waals surface area contributed by atoms with E-state index < -0.39 is 4.92 Å². The Kier molecular flexibility index (Phi) is 5.47. The molecule has 6 nitrogen and oxygen atoms in total. The molecular weight excluding hydrogens is 282 g/mol. The Balaban J connectivity index is 0.00000200. The topological polar surface area (TPSA) is 89.5 Å². The van der Waals surface area contributed by atoms with Gasteiger partial charge in [0.1, 0.15) is 0 Å². The summed E-state index contributed by atoms with van der Waals surface area (Å²) in [5.41, 5.74) is 6.87. The summed E-state index contributed by atoms with van der Waals surface area (Å²) < 4.78 is 0. The van der Waals surface area contributed by atoms with Crippen LogP contribution >= 0.6 is 12.4 Å². The van der Waals surface area contributed by atoms with Crippen LogP contribution in [0.2, 0.25) is 0 Å². The van der Waals surface area contributed by atoms with E-state index in [1.165, 1.54) is 12.1 Å². The van der Waals surface area contributed by atoms with E-state index in [4.69, 9.17) is 5.73 Å². The van der Waals surface area contributed by atoms with Crippen LogP contribution in [0.25, 0.3) is 0 Å². The Morgan fingerprint density at radius 3 is 2.75 bits per heavy atom. The number of aryl methyl sites for hydroxylation is 1. The fourth-order valence-corrected chi connectivity index (χ4v) is 2.37. The van der Waals surface area contributed by atoms with Crippen molar-refractivity contribution < 1.29 is 9.72 Å². The van der Waals surface area contributed by atoms with E-state index in [9.17, 15) is 14.9 Å². The molecule has 0 aliphatic carbocycles. The zero-order valence-electron chi connectivity index (χ0n) is 11.2. The smallest absolute Gasteiger partial charge is 0.272 e. The molecule has 1 heterocycles. The Labute approximate surface area is 123 Å². The molecule has 1 fully saturated rings. The van der Waals surface area contributed by atoms with Crippen LogP contribution in [0.3, 0.4) is 0 Å². The predicted molar refractivity (Wildman–Crippen MR) is 78.2 cm³/mol. The second-order valence-electron chi connectivity index (χ2n) is 4.91. The molecule has 1 amide bonds.